The Bertz CT molecular complexity index is 233. The zero-order chi connectivity index (χ0) is 11.2. The fourth-order valence-electron chi connectivity index (χ4n) is 1.60. The summed E-state index contributed by atoms with van der Waals surface area (Å²) in [6.45, 7) is 5.93. The number of hydrogen-bond donors (Lipinski definition) is 1. The number of sulfone groups is 1. The second-order valence-corrected chi connectivity index (χ2v) is 6.28. The predicted octanol–water partition coefficient (Wildman–Crippen LogP) is 1.45. The average molecular weight is 221 g/mol. The van der Waals surface area contributed by atoms with Crippen LogP contribution in [0.15, 0.2) is 0 Å². The van der Waals surface area contributed by atoms with Crippen LogP contribution in [0, 0.1) is 5.92 Å². The number of nitrogens with one attached hydrogen (secondary N) is 1. The molecule has 0 saturated carbocycles. The van der Waals surface area contributed by atoms with E-state index in [0.29, 0.717) is 17.7 Å². The van der Waals surface area contributed by atoms with Crippen molar-refractivity contribution in [3.63, 3.8) is 0 Å². The molecule has 0 radical (unpaired) electrons. The lowest BCUT2D eigenvalue weighted by Gasteiger charge is -2.21. The van der Waals surface area contributed by atoms with Gasteiger partial charge in [-0.05, 0) is 25.8 Å². The average Bonchev–Trinajstić information content (AvgIpc) is 2.17. The van der Waals surface area contributed by atoms with Crippen molar-refractivity contribution in [2.75, 3.05) is 18.6 Å². The van der Waals surface area contributed by atoms with Crippen LogP contribution < -0.4 is 5.32 Å². The topological polar surface area (TPSA) is 46.2 Å². The Morgan fingerprint density at radius 2 is 1.86 bits per heavy atom. The summed E-state index contributed by atoms with van der Waals surface area (Å²) in [6.07, 6.45) is 1.80. The van der Waals surface area contributed by atoms with Gasteiger partial charge < -0.3 is 5.32 Å². The van der Waals surface area contributed by atoms with E-state index in [1.807, 2.05) is 7.05 Å². The standard InChI is InChI=1S/C10H23NO2S/c1-5-10(11-4)9(3)7-8-14(12,13)6-2/h9-11H,5-8H2,1-4H3. The van der Waals surface area contributed by atoms with E-state index in [1.54, 1.807) is 6.92 Å². The highest BCUT2D eigenvalue weighted by atomic mass is 32.2. The van der Waals surface area contributed by atoms with Crippen molar-refractivity contribution in [2.45, 2.75) is 39.7 Å². The highest BCUT2D eigenvalue weighted by Gasteiger charge is 2.16. The van der Waals surface area contributed by atoms with Gasteiger partial charge in [-0.15, -0.1) is 0 Å². The van der Waals surface area contributed by atoms with Crippen LogP contribution in [-0.4, -0.2) is 33.0 Å². The molecule has 0 aliphatic rings. The summed E-state index contributed by atoms with van der Waals surface area (Å²) < 4.78 is 22.6. The Morgan fingerprint density at radius 1 is 1.29 bits per heavy atom. The molecule has 0 rings (SSSR count). The van der Waals surface area contributed by atoms with Crippen LogP contribution in [0.2, 0.25) is 0 Å². The maximum atomic E-state index is 11.3. The molecule has 0 fully saturated rings. The zero-order valence-corrected chi connectivity index (χ0v) is 10.5. The monoisotopic (exact) mass is 221 g/mol. The molecule has 1 N–H and O–H groups in total. The second-order valence-electron chi connectivity index (χ2n) is 3.81. The van der Waals surface area contributed by atoms with Crippen LogP contribution in [-0.2, 0) is 9.84 Å². The highest BCUT2D eigenvalue weighted by molar-refractivity contribution is 7.91. The van der Waals surface area contributed by atoms with Crippen LogP contribution in [0.5, 0.6) is 0 Å². The van der Waals surface area contributed by atoms with Gasteiger partial charge in [0.25, 0.3) is 0 Å². The third kappa shape index (κ3) is 4.96. The summed E-state index contributed by atoms with van der Waals surface area (Å²) in [5, 5.41) is 3.21. The van der Waals surface area contributed by atoms with Crippen molar-refractivity contribution in [2.24, 2.45) is 5.92 Å². The molecular formula is C10H23NO2S. The van der Waals surface area contributed by atoms with Gasteiger partial charge in [0.1, 0.15) is 9.84 Å². The van der Waals surface area contributed by atoms with Crippen molar-refractivity contribution in [3.8, 4) is 0 Å². The third-order valence-electron chi connectivity index (χ3n) is 2.82. The molecule has 0 spiro atoms. The van der Waals surface area contributed by atoms with Crippen molar-refractivity contribution in [3.05, 3.63) is 0 Å². The number of hydrogen-bond acceptors (Lipinski definition) is 3. The van der Waals surface area contributed by atoms with Gasteiger partial charge in [0.2, 0.25) is 0 Å². The Kier molecular flexibility index (Phi) is 6.36. The van der Waals surface area contributed by atoms with Gasteiger partial charge in [-0.3, -0.25) is 0 Å². The lowest BCUT2D eigenvalue weighted by molar-refractivity contribution is 0.379. The summed E-state index contributed by atoms with van der Waals surface area (Å²) >= 11 is 0. The summed E-state index contributed by atoms with van der Waals surface area (Å²) in [5.74, 6) is 1.00. The quantitative estimate of drug-likeness (QED) is 0.707. The summed E-state index contributed by atoms with van der Waals surface area (Å²) in [5.41, 5.74) is 0. The lowest BCUT2D eigenvalue weighted by atomic mass is 9.97. The molecular weight excluding hydrogens is 198 g/mol. The van der Waals surface area contributed by atoms with E-state index < -0.39 is 9.84 Å². The van der Waals surface area contributed by atoms with Crippen molar-refractivity contribution in [1.29, 1.82) is 0 Å². The van der Waals surface area contributed by atoms with Gasteiger partial charge in [0, 0.05) is 11.8 Å². The fourth-order valence-corrected chi connectivity index (χ4v) is 2.62. The minimum absolute atomic E-state index is 0.260. The van der Waals surface area contributed by atoms with Gasteiger partial charge in [0.05, 0.1) is 5.75 Å². The summed E-state index contributed by atoms with van der Waals surface area (Å²) in [7, 11) is -0.863. The van der Waals surface area contributed by atoms with Crippen LogP contribution in [0.3, 0.4) is 0 Å². The molecule has 0 aliphatic carbocycles. The van der Waals surface area contributed by atoms with E-state index in [1.165, 1.54) is 0 Å². The van der Waals surface area contributed by atoms with Gasteiger partial charge in [0.15, 0.2) is 0 Å². The molecule has 0 bridgehead atoms. The lowest BCUT2D eigenvalue weighted by Crippen LogP contribution is -2.32. The first kappa shape index (κ1) is 13.9. The van der Waals surface area contributed by atoms with Gasteiger partial charge in [-0.1, -0.05) is 20.8 Å². The molecule has 0 saturated heterocycles. The van der Waals surface area contributed by atoms with E-state index in [-0.39, 0.29) is 5.75 Å². The van der Waals surface area contributed by atoms with Crippen molar-refractivity contribution < 1.29 is 8.42 Å². The summed E-state index contributed by atoms with van der Waals surface area (Å²) in [6, 6.07) is 0.432. The molecule has 2 unspecified atom stereocenters. The normalized spacial score (nSPS) is 16.6. The van der Waals surface area contributed by atoms with Crippen LogP contribution >= 0.6 is 0 Å². The first-order valence-corrected chi connectivity index (χ1v) is 7.16. The molecule has 4 heteroatoms. The molecule has 0 heterocycles. The Morgan fingerprint density at radius 3 is 2.21 bits per heavy atom. The van der Waals surface area contributed by atoms with Crippen LogP contribution in [0.4, 0.5) is 0 Å². The van der Waals surface area contributed by atoms with E-state index in [0.717, 1.165) is 12.8 Å². The van der Waals surface area contributed by atoms with E-state index in [4.69, 9.17) is 0 Å². The van der Waals surface area contributed by atoms with Crippen molar-refractivity contribution in [1.82, 2.24) is 5.32 Å². The molecule has 0 aromatic rings. The molecule has 86 valence electrons. The Balaban J connectivity index is 4.01. The molecule has 14 heavy (non-hydrogen) atoms. The van der Waals surface area contributed by atoms with Gasteiger partial charge >= 0.3 is 0 Å². The number of rotatable bonds is 7. The van der Waals surface area contributed by atoms with Crippen molar-refractivity contribution >= 4 is 9.84 Å². The Labute approximate surface area is 88.2 Å². The molecule has 0 amide bonds. The largest absolute Gasteiger partial charge is 0.317 e. The molecule has 0 aliphatic heterocycles. The first-order chi connectivity index (χ1) is 6.46. The maximum absolute atomic E-state index is 11.3. The van der Waals surface area contributed by atoms with Crippen LogP contribution in [0.25, 0.3) is 0 Å². The highest BCUT2D eigenvalue weighted by Crippen LogP contribution is 2.12. The first-order valence-electron chi connectivity index (χ1n) is 5.34. The predicted molar refractivity (Wildman–Crippen MR) is 61.2 cm³/mol. The fraction of sp³-hybridized carbons (Fsp3) is 1.00. The molecule has 0 aromatic heterocycles. The zero-order valence-electron chi connectivity index (χ0n) is 9.71. The van der Waals surface area contributed by atoms with E-state index in [2.05, 4.69) is 19.2 Å². The van der Waals surface area contributed by atoms with Crippen LogP contribution in [0.1, 0.15) is 33.6 Å². The Hall–Kier alpha value is -0.0900. The smallest absolute Gasteiger partial charge is 0.150 e. The minimum Gasteiger partial charge on any atom is -0.317 e. The van der Waals surface area contributed by atoms with E-state index in [9.17, 15) is 8.42 Å². The summed E-state index contributed by atoms with van der Waals surface area (Å²) in [4.78, 5) is 0. The maximum Gasteiger partial charge on any atom is 0.150 e. The molecule has 0 aromatic carbocycles. The molecule has 3 nitrogen and oxygen atoms in total. The van der Waals surface area contributed by atoms with Gasteiger partial charge in [-0.25, -0.2) is 8.42 Å². The third-order valence-corrected chi connectivity index (χ3v) is 4.56. The second kappa shape index (κ2) is 6.40. The SMILES string of the molecule is CCC(NC)C(C)CCS(=O)(=O)CC. The van der Waals surface area contributed by atoms with E-state index >= 15 is 0 Å². The molecule has 2 atom stereocenters. The minimum atomic E-state index is -2.79. The van der Waals surface area contributed by atoms with Gasteiger partial charge in [-0.2, -0.15) is 0 Å².